The van der Waals surface area contributed by atoms with E-state index in [4.69, 9.17) is 0 Å². The minimum Gasteiger partial charge on any atom is -0.316 e. The van der Waals surface area contributed by atoms with Crippen LogP contribution in [0.2, 0.25) is 0 Å². The number of Topliss-reactive ketones (excluding diaryl/α,β-unsaturated/α-hetero) is 1. The molecule has 1 aromatic rings. The lowest BCUT2D eigenvalue weighted by Crippen LogP contribution is -2.33. The molecule has 98 valence electrons. The van der Waals surface area contributed by atoms with Crippen molar-refractivity contribution in [3.05, 3.63) is 35.4 Å². The molecule has 1 aliphatic rings. The maximum Gasteiger partial charge on any atom is 0.170 e. The predicted molar refractivity (Wildman–Crippen MR) is 75.0 cm³/mol. The third kappa shape index (κ3) is 2.49. The number of carbonyl (C=O) groups excluding carboxylic acids is 1. The van der Waals surface area contributed by atoms with E-state index in [2.05, 4.69) is 31.3 Å². The minimum absolute atomic E-state index is 0.152. The van der Waals surface area contributed by atoms with Gasteiger partial charge in [-0.2, -0.15) is 0 Å². The molecule has 0 bridgehead atoms. The van der Waals surface area contributed by atoms with Crippen LogP contribution in [0.25, 0.3) is 0 Å². The van der Waals surface area contributed by atoms with Crippen LogP contribution in [0, 0.1) is 5.41 Å². The predicted octanol–water partition coefficient (Wildman–Crippen LogP) is 3.21. The van der Waals surface area contributed by atoms with E-state index in [1.807, 2.05) is 12.1 Å². The van der Waals surface area contributed by atoms with E-state index in [1.54, 1.807) is 0 Å². The second-order valence-electron chi connectivity index (χ2n) is 5.34. The Hall–Kier alpha value is -1.15. The SMILES string of the molecule is CCCC1(C(=O)c2cccc(CC)c2)CCNC1. The maximum absolute atomic E-state index is 12.8. The summed E-state index contributed by atoms with van der Waals surface area (Å²) in [7, 11) is 0. The van der Waals surface area contributed by atoms with Crippen LogP contribution in [0.1, 0.15) is 49.0 Å². The number of hydrogen-bond donors (Lipinski definition) is 1. The van der Waals surface area contributed by atoms with Crippen molar-refractivity contribution in [2.24, 2.45) is 5.41 Å². The highest BCUT2D eigenvalue weighted by Gasteiger charge is 2.40. The fourth-order valence-corrected chi connectivity index (χ4v) is 2.98. The molecule has 1 aromatic carbocycles. The van der Waals surface area contributed by atoms with E-state index in [1.165, 1.54) is 5.56 Å². The number of hydrogen-bond acceptors (Lipinski definition) is 2. The molecule has 0 saturated carbocycles. The van der Waals surface area contributed by atoms with Gasteiger partial charge in [-0.1, -0.05) is 38.5 Å². The van der Waals surface area contributed by atoms with Crippen molar-refractivity contribution >= 4 is 5.78 Å². The van der Waals surface area contributed by atoms with Gasteiger partial charge in [-0.25, -0.2) is 0 Å². The van der Waals surface area contributed by atoms with Crippen molar-refractivity contribution in [3.63, 3.8) is 0 Å². The molecule has 0 aromatic heterocycles. The zero-order valence-corrected chi connectivity index (χ0v) is 11.5. The first-order valence-corrected chi connectivity index (χ1v) is 7.06. The third-order valence-corrected chi connectivity index (χ3v) is 4.05. The molecule has 0 amide bonds. The Morgan fingerprint density at radius 1 is 1.39 bits per heavy atom. The average Bonchev–Trinajstić information content (AvgIpc) is 2.88. The maximum atomic E-state index is 12.8. The van der Waals surface area contributed by atoms with Gasteiger partial charge in [0.05, 0.1) is 0 Å². The molecule has 0 radical (unpaired) electrons. The van der Waals surface area contributed by atoms with E-state index in [9.17, 15) is 4.79 Å². The van der Waals surface area contributed by atoms with Crippen molar-refractivity contribution in [1.29, 1.82) is 0 Å². The fraction of sp³-hybridized carbons (Fsp3) is 0.562. The monoisotopic (exact) mass is 245 g/mol. The van der Waals surface area contributed by atoms with Crippen LogP contribution in [0.15, 0.2) is 24.3 Å². The molecule has 2 rings (SSSR count). The van der Waals surface area contributed by atoms with E-state index >= 15 is 0 Å². The van der Waals surface area contributed by atoms with Gasteiger partial charge in [-0.15, -0.1) is 0 Å². The highest BCUT2D eigenvalue weighted by molar-refractivity contribution is 6.01. The first-order chi connectivity index (χ1) is 8.72. The molecule has 2 nitrogen and oxygen atoms in total. The van der Waals surface area contributed by atoms with Gasteiger partial charge in [0.1, 0.15) is 0 Å². The van der Waals surface area contributed by atoms with Crippen molar-refractivity contribution in [2.45, 2.75) is 39.5 Å². The summed E-state index contributed by atoms with van der Waals surface area (Å²) in [6.45, 7) is 6.10. The van der Waals surface area contributed by atoms with Gasteiger partial charge in [0, 0.05) is 17.5 Å². The number of aryl methyl sites for hydroxylation is 1. The lowest BCUT2D eigenvalue weighted by molar-refractivity contribution is 0.0801. The molecule has 1 fully saturated rings. The topological polar surface area (TPSA) is 29.1 Å². The van der Waals surface area contributed by atoms with E-state index in [0.717, 1.165) is 44.3 Å². The van der Waals surface area contributed by atoms with E-state index in [-0.39, 0.29) is 5.41 Å². The van der Waals surface area contributed by atoms with Crippen LogP contribution in [0.3, 0.4) is 0 Å². The Morgan fingerprint density at radius 2 is 2.22 bits per heavy atom. The molecule has 18 heavy (non-hydrogen) atoms. The Morgan fingerprint density at radius 3 is 2.83 bits per heavy atom. The molecule has 1 N–H and O–H groups in total. The second-order valence-corrected chi connectivity index (χ2v) is 5.34. The summed E-state index contributed by atoms with van der Waals surface area (Å²) in [6, 6.07) is 8.14. The standard InChI is InChI=1S/C16H23NO/c1-3-8-16(9-10-17-12-16)15(18)14-7-5-6-13(4-2)11-14/h5-7,11,17H,3-4,8-10,12H2,1-2H3. The molecule has 1 atom stereocenters. The third-order valence-electron chi connectivity index (χ3n) is 4.05. The van der Waals surface area contributed by atoms with Crippen LogP contribution in [0.4, 0.5) is 0 Å². The van der Waals surface area contributed by atoms with Crippen LogP contribution in [-0.2, 0) is 6.42 Å². The molecule has 1 aliphatic heterocycles. The van der Waals surface area contributed by atoms with E-state index in [0.29, 0.717) is 5.78 Å². The van der Waals surface area contributed by atoms with Crippen molar-refractivity contribution in [1.82, 2.24) is 5.32 Å². The zero-order valence-electron chi connectivity index (χ0n) is 11.5. The highest BCUT2D eigenvalue weighted by Crippen LogP contribution is 2.35. The molecular formula is C16H23NO. The molecule has 0 spiro atoms. The van der Waals surface area contributed by atoms with Gasteiger partial charge in [-0.3, -0.25) is 4.79 Å². The first kappa shape index (κ1) is 13.3. The molecule has 1 unspecified atom stereocenters. The highest BCUT2D eigenvalue weighted by atomic mass is 16.1. The molecule has 0 aliphatic carbocycles. The Kier molecular flexibility index (Phi) is 4.18. The van der Waals surface area contributed by atoms with Crippen LogP contribution < -0.4 is 5.32 Å². The van der Waals surface area contributed by atoms with E-state index < -0.39 is 0 Å². The number of benzene rings is 1. The zero-order chi connectivity index (χ0) is 13.0. The summed E-state index contributed by atoms with van der Waals surface area (Å²) in [6.07, 6.45) is 4.03. The lowest BCUT2D eigenvalue weighted by Gasteiger charge is -2.26. The second kappa shape index (κ2) is 5.66. The average molecular weight is 245 g/mol. The molecule has 2 heteroatoms. The van der Waals surface area contributed by atoms with Crippen LogP contribution in [-0.4, -0.2) is 18.9 Å². The summed E-state index contributed by atoms with van der Waals surface area (Å²) in [4.78, 5) is 12.8. The van der Waals surface area contributed by atoms with Gasteiger partial charge in [0.2, 0.25) is 0 Å². The number of nitrogens with one attached hydrogen (secondary N) is 1. The number of carbonyl (C=O) groups is 1. The van der Waals surface area contributed by atoms with Crippen molar-refractivity contribution in [2.75, 3.05) is 13.1 Å². The normalized spacial score (nSPS) is 23.2. The fourth-order valence-electron chi connectivity index (χ4n) is 2.98. The number of rotatable bonds is 5. The lowest BCUT2D eigenvalue weighted by atomic mass is 9.76. The molecule has 1 saturated heterocycles. The van der Waals surface area contributed by atoms with Crippen molar-refractivity contribution in [3.8, 4) is 0 Å². The quantitative estimate of drug-likeness (QED) is 0.807. The van der Waals surface area contributed by atoms with Crippen LogP contribution >= 0.6 is 0 Å². The van der Waals surface area contributed by atoms with Gasteiger partial charge in [0.15, 0.2) is 5.78 Å². The summed E-state index contributed by atoms with van der Waals surface area (Å²) in [5, 5.41) is 3.36. The van der Waals surface area contributed by atoms with Gasteiger partial charge >= 0.3 is 0 Å². The summed E-state index contributed by atoms with van der Waals surface area (Å²) >= 11 is 0. The summed E-state index contributed by atoms with van der Waals surface area (Å²) < 4.78 is 0. The number of ketones is 1. The molecular weight excluding hydrogens is 222 g/mol. The minimum atomic E-state index is -0.152. The van der Waals surface area contributed by atoms with Gasteiger partial charge in [0.25, 0.3) is 0 Å². The van der Waals surface area contributed by atoms with Gasteiger partial charge < -0.3 is 5.32 Å². The summed E-state index contributed by atoms with van der Waals surface area (Å²) in [5.41, 5.74) is 1.99. The largest absolute Gasteiger partial charge is 0.316 e. The molecule has 1 heterocycles. The Bertz CT molecular complexity index is 419. The first-order valence-electron chi connectivity index (χ1n) is 7.06. The Balaban J connectivity index is 2.27. The smallest absolute Gasteiger partial charge is 0.170 e. The van der Waals surface area contributed by atoms with Gasteiger partial charge in [-0.05, 0) is 37.4 Å². The van der Waals surface area contributed by atoms with Crippen LogP contribution in [0.5, 0.6) is 0 Å². The Labute approximate surface area is 110 Å². The van der Waals surface area contributed by atoms with Crippen molar-refractivity contribution < 1.29 is 4.79 Å². The summed E-state index contributed by atoms with van der Waals surface area (Å²) in [5.74, 6) is 0.338.